The van der Waals surface area contributed by atoms with E-state index >= 15 is 0 Å². The van der Waals surface area contributed by atoms with Crippen molar-refractivity contribution in [3.63, 3.8) is 0 Å². The third-order valence-electron chi connectivity index (χ3n) is 4.28. The number of nitrogens with zero attached hydrogens (tertiary/aromatic N) is 2. The first kappa shape index (κ1) is 19.1. The highest BCUT2D eigenvalue weighted by Crippen LogP contribution is 2.24. The number of likely N-dealkylation sites (N-methyl/N-ethyl adjacent to an activating group) is 1. The minimum atomic E-state index is -3.46. The Morgan fingerprint density at radius 3 is 2.29 bits per heavy atom. The van der Waals surface area contributed by atoms with Crippen molar-refractivity contribution in [1.82, 2.24) is 19.2 Å². The fourth-order valence-electron chi connectivity index (χ4n) is 2.85. The van der Waals surface area contributed by atoms with E-state index in [9.17, 15) is 8.42 Å². The van der Waals surface area contributed by atoms with E-state index in [1.165, 1.54) is 0 Å². The van der Waals surface area contributed by atoms with Gasteiger partial charge in [0, 0.05) is 45.3 Å². The van der Waals surface area contributed by atoms with Crippen molar-refractivity contribution in [3.8, 4) is 5.75 Å². The van der Waals surface area contributed by atoms with Crippen LogP contribution in [0.2, 0.25) is 0 Å². The van der Waals surface area contributed by atoms with Gasteiger partial charge in [0.15, 0.2) is 0 Å². The number of piperazine rings is 1. The number of methoxy groups -OCH3 is 1. The molecule has 1 aromatic rings. The molecule has 1 saturated heterocycles. The molecule has 0 spiro atoms. The van der Waals surface area contributed by atoms with Gasteiger partial charge in [-0.05, 0) is 24.7 Å². The number of nitrogens with one attached hydrogen (secondary N) is 2. The molecular formula is C16H28N4O3S. The number of benzene rings is 1. The SMILES string of the molecule is CCNS(=O)(=O)NCC(c1ccc(OC)cc1)N1CCN(C)CC1. The maximum absolute atomic E-state index is 11.9. The van der Waals surface area contributed by atoms with E-state index in [-0.39, 0.29) is 6.04 Å². The lowest BCUT2D eigenvalue weighted by Crippen LogP contribution is -2.49. The maximum atomic E-state index is 11.9. The molecule has 1 fully saturated rings. The summed E-state index contributed by atoms with van der Waals surface area (Å²) < 4.78 is 34.2. The van der Waals surface area contributed by atoms with Gasteiger partial charge in [-0.25, -0.2) is 9.44 Å². The first-order chi connectivity index (χ1) is 11.4. The molecule has 1 aliphatic heterocycles. The number of rotatable bonds is 8. The second-order valence-electron chi connectivity index (χ2n) is 5.98. The summed E-state index contributed by atoms with van der Waals surface area (Å²) >= 11 is 0. The summed E-state index contributed by atoms with van der Waals surface area (Å²) in [5.41, 5.74) is 1.08. The molecular weight excluding hydrogens is 328 g/mol. The highest BCUT2D eigenvalue weighted by molar-refractivity contribution is 7.87. The van der Waals surface area contributed by atoms with Gasteiger partial charge >= 0.3 is 0 Å². The van der Waals surface area contributed by atoms with Crippen molar-refractivity contribution in [1.29, 1.82) is 0 Å². The average molecular weight is 356 g/mol. The van der Waals surface area contributed by atoms with Gasteiger partial charge in [0.25, 0.3) is 10.2 Å². The lowest BCUT2D eigenvalue weighted by atomic mass is 10.0. The Kier molecular flexibility index (Phi) is 7.00. The van der Waals surface area contributed by atoms with Crippen molar-refractivity contribution in [2.24, 2.45) is 0 Å². The van der Waals surface area contributed by atoms with Crippen LogP contribution < -0.4 is 14.2 Å². The van der Waals surface area contributed by atoms with Crippen LogP contribution >= 0.6 is 0 Å². The minimum Gasteiger partial charge on any atom is -0.497 e. The molecule has 2 rings (SSSR count). The predicted molar refractivity (Wildman–Crippen MR) is 95.4 cm³/mol. The molecule has 1 heterocycles. The molecule has 0 aliphatic carbocycles. The van der Waals surface area contributed by atoms with Crippen LogP contribution in [0.1, 0.15) is 18.5 Å². The second-order valence-corrected chi connectivity index (χ2v) is 7.56. The number of ether oxygens (including phenoxy) is 1. The Bertz CT molecular complexity index is 598. The quantitative estimate of drug-likeness (QED) is 0.707. The molecule has 0 radical (unpaired) electrons. The van der Waals surface area contributed by atoms with E-state index in [0.717, 1.165) is 37.5 Å². The highest BCUT2D eigenvalue weighted by atomic mass is 32.2. The molecule has 7 nitrogen and oxygen atoms in total. The van der Waals surface area contributed by atoms with Crippen molar-refractivity contribution in [2.45, 2.75) is 13.0 Å². The number of hydrogen-bond donors (Lipinski definition) is 2. The van der Waals surface area contributed by atoms with Gasteiger partial charge in [0.05, 0.1) is 7.11 Å². The molecule has 136 valence electrons. The third kappa shape index (κ3) is 5.42. The fourth-order valence-corrected chi connectivity index (χ4v) is 3.71. The predicted octanol–water partition coefficient (Wildman–Crippen LogP) is 0.428. The lowest BCUT2D eigenvalue weighted by Gasteiger charge is -2.38. The van der Waals surface area contributed by atoms with Crippen LogP contribution in [0.15, 0.2) is 24.3 Å². The zero-order valence-corrected chi connectivity index (χ0v) is 15.5. The molecule has 24 heavy (non-hydrogen) atoms. The maximum Gasteiger partial charge on any atom is 0.276 e. The van der Waals surface area contributed by atoms with E-state index in [1.54, 1.807) is 14.0 Å². The van der Waals surface area contributed by atoms with Crippen LogP contribution in [-0.2, 0) is 10.2 Å². The summed E-state index contributed by atoms with van der Waals surface area (Å²) in [4.78, 5) is 4.61. The Hall–Kier alpha value is -1.19. The minimum absolute atomic E-state index is 0.00182. The topological polar surface area (TPSA) is 73.9 Å². The Morgan fingerprint density at radius 1 is 1.12 bits per heavy atom. The van der Waals surface area contributed by atoms with Gasteiger partial charge in [-0.15, -0.1) is 0 Å². The summed E-state index contributed by atoms with van der Waals surface area (Å²) in [6, 6.07) is 7.83. The fraction of sp³-hybridized carbons (Fsp3) is 0.625. The third-order valence-corrected chi connectivity index (χ3v) is 5.50. The summed E-state index contributed by atoms with van der Waals surface area (Å²) in [6.45, 7) is 6.26. The Morgan fingerprint density at radius 2 is 1.75 bits per heavy atom. The summed E-state index contributed by atoms with van der Waals surface area (Å²) in [7, 11) is 0.282. The molecule has 2 N–H and O–H groups in total. The van der Waals surface area contributed by atoms with Crippen molar-refractivity contribution < 1.29 is 13.2 Å². The van der Waals surface area contributed by atoms with E-state index in [0.29, 0.717) is 13.1 Å². The second kappa shape index (κ2) is 8.77. The Labute approximate surface area is 145 Å². The van der Waals surface area contributed by atoms with Crippen LogP contribution in [0.4, 0.5) is 0 Å². The van der Waals surface area contributed by atoms with Gasteiger partial charge in [-0.3, -0.25) is 4.90 Å². The molecule has 0 saturated carbocycles. The van der Waals surface area contributed by atoms with E-state index in [4.69, 9.17) is 4.74 Å². The zero-order valence-electron chi connectivity index (χ0n) is 14.7. The van der Waals surface area contributed by atoms with Crippen LogP contribution in [0.5, 0.6) is 5.75 Å². The van der Waals surface area contributed by atoms with Gasteiger partial charge in [0.1, 0.15) is 5.75 Å². The van der Waals surface area contributed by atoms with Gasteiger partial charge in [-0.2, -0.15) is 8.42 Å². The summed E-state index contributed by atoms with van der Waals surface area (Å²) in [5, 5.41) is 0. The standard InChI is InChI=1S/C16H28N4O3S/c1-4-17-24(21,22)18-13-16(20-11-9-19(2)10-12-20)14-5-7-15(23-3)8-6-14/h5-8,16-18H,4,9-13H2,1-3H3. The van der Waals surface area contributed by atoms with Crippen molar-refractivity contribution in [3.05, 3.63) is 29.8 Å². The highest BCUT2D eigenvalue weighted by Gasteiger charge is 2.25. The lowest BCUT2D eigenvalue weighted by molar-refractivity contribution is 0.113. The monoisotopic (exact) mass is 356 g/mol. The van der Waals surface area contributed by atoms with E-state index in [1.807, 2.05) is 24.3 Å². The van der Waals surface area contributed by atoms with Gasteiger partial charge in [0.2, 0.25) is 0 Å². The molecule has 1 unspecified atom stereocenters. The van der Waals surface area contributed by atoms with Crippen LogP contribution in [0.3, 0.4) is 0 Å². The Balaban J connectivity index is 2.14. The molecule has 1 aliphatic rings. The molecule has 8 heteroatoms. The first-order valence-corrected chi connectivity index (χ1v) is 9.74. The summed E-state index contributed by atoms with van der Waals surface area (Å²) in [6.07, 6.45) is 0. The summed E-state index contributed by atoms with van der Waals surface area (Å²) in [5.74, 6) is 0.795. The first-order valence-electron chi connectivity index (χ1n) is 8.26. The molecule has 1 aromatic carbocycles. The van der Waals surface area contributed by atoms with Crippen molar-refractivity contribution in [2.75, 3.05) is 53.4 Å². The molecule has 0 bridgehead atoms. The average Bonchev–Trinajstić information content (AvgIpc) is 2.57. The molecule has 0 amide bonds. The smallest absolute Gasteiger partial charge is 0.276 e. The largest absolute Gasteiger partial charge is 0.497 e. The van der Waals surface area contributed by atoms with E-state index < -0.39 is 10.2 Å². The van der Waals surface area contributed by atoms with Crippen LogP contribution in [-0.4, -0.2) is 71.6 Å². The molecule has 0 aromatic heterocycles. The zero-order chi connectivity index (χ0) is 17.6. The van der Waals surface area contributed by atoms with Gasteiger partial charge < -0.3 is 9.64 Å². The van der Waals surface area contributed by atoms with Crippen LogP contribution in [0.25, 0.3) is 0 Å². The van der Waals surface area contributed by atoms with E-state index in [2.05, 4.69) is 26.3 Å². The van der Waals surface area contributed by atoms with Gasteiger partial charge in [-0.1, -0.05) is 19.1 Å². The molecule has 1 atom stereocenters. The normalized spacial score (nSPS) is 18.5. The van der Waals surface area contributed by atoms with Crippen LogP contribution in [0, 0.1) is 0 Å². The van der Waals surface area contributed by atoms with Crippen molar-refractivity contribution >= 4 is 10.2 Å². The number of hydrogen-bond acceptors (Lipinski definition) is 5.